The third-order valence-electron chi connectivity index (χ3n) is 5.79. The van der Waals surface area contributed by atoms with Gasteiger partial charge in [0, 0.05) is 32.1 Å². The summed E-state index contributed by atoms with van der Waals surface area (Å²) in [5.41, 5.74) is 3.15. The Morgan fingerprint density at radius 2 is 1.89 bits per heavy atom. The molecule has 1 atom stereocenters. The van der Waals surface area contributed by atoms with Gasteiger partial charge in [-0.25, -0.2) is 0 Å². The highest BCUT2D eigenvalue weighted by Gasteiger charge is 2.49. The highest BCUT2D eigenvalue weighted by atomic mass is 16.5. The van der Waals surface area contributed by atoms with Crippen molar-refractivity contribution in [2.45, 2.75) is 31.4 Å². The lowest BCUT2D eigenvalue weighted by atomic mass is 9.72. The maximum Gasteiger partial charge on any atom is 0.161 e. The first-order chi connectivity index (χ1) is 13.1. The molecule has 1 aromatic carbocycles. The number of Topliss-reactive ketones (excluding diaryl/α,β-unsaturated/α-hetero) is 1. The summed E-state index contributed by atoms with van der Waals surface area (Å²) < 4.78 is 11.0. The number of methoxy groups -OCH3 is 2. The SMILES string of the molecule is COc1cc2c(cc1OC)C1(c3cc(CO)ccn3)CC(=O)CCN1CC2. The molecule has 0 aliphatic carbocycles. The number of carbonyl (C=O) groups excluding carboxylic acids is 1. The van der Waals surface area contributed by atoms with E-state index in [9.17, 15) is 9.90 Å². The fourth-order valence-electron chi connectivity index (χ4n) is 4.46. The molecule has 0 bridgehead atoms. The second kappa shape index (κ2) is 6.94. The van der Waals surface area contributed by atoms with Crippen molar-refractivity contribution in [3.05, 3.63) is 52.8 Å². The van der Waals surface area contributed by atoms with E-state index in [1.807, 2.05) is 18.2 Å². The van der Waals surface area contributed by atoms with E-state index in [0.717, 1.165) is 35.3 Å². The average Bonchev–Trinajstić information content (AvgIpc) is 2.72. The Bertz CT molecular complexity index is 882. The van der Waals surface area contributed by atoms with Crippen LogP contribution in [0.4, 0.5) is 0 Å². The minimum Gasteiger partial charge on any atom is -0.493 e. The molecule has 0 spiro atoms. The van der Waals surface area contributed by atoms with Gasteiger partial charge >= 0.3 is 0 Å². The summed E-state index contributed by atoms with van der Waals surface area (Å²) in [5, 5.41) is 9.61. The van der Waals surface area contributed by atoms with E-state index < -0.39 is 5.54 Å². The second-order valence-electron chi connectivity index (χ2n) is 7.13. The van der Waals surface area contributed by atoms with E-state index in [0.29, 0.717) is 30.9 Å². The van der Waals surface area contributed by atoms with Crippen molar-refractivity contribution in [2.24, 2.45) is 0 Å². The summed E-state index contributed by atoms with van der Waals surface area (Å²) in [6, 6.07) is 7.72. The first kappa shape index (κ1) is 17.9. The zero-order chi connectivity index (χ0) is 19.0. The van der Waals surface area contributed by atoms with Crippen LogP contribution in [0.25, 0.3) is 0 Å². The fraction of sp³-hybridized carbons (Fsp3) is 0.429. The van der Waals surface area contributed by atoms with Gasteiger partial charge in [0.2, 0.25) is 0 Å². The molecule has 2 aliphatic rings. The minimum atomic E-state index is -0.631. The van der Waals surface area contributed by atoms with E-state index in [2.05, 4.69) is 9.88 Å². The Labute approximate surface area is 158 Å². The van der Waals surface area contributed by atoms with Gasteiger partial charge in [-0.2, -0.15) is 0 Å². The Hall–Kier alpha value is -2.44. The second-order valence-corrected chi connectivity index (χ2v) is 7.13. The first-order valence-corrected chi connectivity index (χ1v) is 9.20. The number of nitrogens with zero attached hydrogens (tertiary/aromatic N) is 2. The Kier molecular flexibility index (Phi) is 4.61. The molecule has 4 rings (SSSR count). The highest BCUT2D eigenvalue weighted by molar-refractivity contribution is 5.82. The highest BCUT2D eigenvalue weighted by Crippen LogP contribution is 2.48. The number of aromatic nitrogens is 1. The molecule has 2 aliphatic heterocycles. The molecule has 1 aromatic heterocycles. The molecule has 6 heteroatoms. The number of ketones is 1. The smallest absolute Gasteiger partial charge is 0.161 e. The van der Waals surface area contributed by atoms with Gasteiger partial charge in [0.15, 0.2) is 11.5 Å². The first-order valence-electron chi connectivity index (χ1n) is 9.20. The maximum atomic E-state index is 12.6. The van der Waals surface area contributed by atoms with Crippen molar-refractivity contribution in [1.29, 1.82) is 0 Å². The van der Waals surface area contributed by atoms with Crippen LogP contribution in [0.3, 0.4) is 0 Å². The molecule has 1 saturated heterocycles. The molecule has 1 fully saturated rings. The molecule has 0 saturated carbocycles. The van der Waals surface area contributed by atoms with Gasteiger partial charge < -0.3 is 14.6 Å². The third kappa shape index (κ3) is 2.80. The van der Waals surface area contributed by atoms with Crippen molar-refractivity contribution >= 4 is 5.78 Å². The van der Waals surface area contributed by atoms with E-state index in [1.165, 1.54) is 0 Å². The maximum absolute atomic E-state index is 12.6. The number of carbonyl (C=O) groups is 1. The van der Waals surface area contributed by atoms with Crippen LogP contribution < -0.4 is 9.47 Å². The van der Waals surface area contributed by atoms with Crippen LogP contribution in [0, 0.1) is 0 Å². The third-order valence-corrected chi connectivity index (χ3v) is 5.79. The summed E-state index contributed by atoms with van der Waals surface area (Å²) in [4.78, 5) is 19.6. The lowest BCUT2D eigenvalue weighted by Gasteiger charge is -2.50. The van der Waals surface area contributed by atoms with Gasteiger partial charge in [-0.15, -0.1) is 0 Å². The monoisotopic (exact) mass is 368 g/mol. The predicted octanol–water partition coefficient (Wildman–Crippen LogP) is 2.06. The number of fused-ring (bicyclic) bond motifs is 3. The predicted molar refractivity (Wildman–Crippen MR) is 100 cm³/mol. The van der Waals surface area contributed by atoms with Crippen LogP contribution in [0.15, 0.2) is 30.5 Å². The van der Waals surface area contributed by atoms with Crippen molar-refractivity contribution < 1.29 is 19.4 Å². The molecule has 3 heterocycles. The number of aliphatic hydroxyl groups excluding tert-OH is 1. The van der Waals surface area contributed by atoms with E-state index in [-0.39, 0.29) is 12.4 Å². The Morgan fingerprint density at radius 3 is 2.63 bits per heavy atom. The van der Waals surface area contributed by atoms with E-state index in [1.54, 1.807) is 26.5 Å². The zero-order valence-electron chi connectivity index (χ0n) is 15.7. The number of hydrogen-bond acceptors (Lipinski definition) is 6. The normalized spacial score (nSPS) is 22.1. The van der Waals surface area contributed by atoms with Gasteiger partial charge in [-0.05, 0) is 47.4 Å². The van der Waals surface area contributed by atoms with Crippen LogP contribution >= 0.6 is 0 Å². The topological polar surface area (TPSA) is 71.9 Å². The van der Waals surface area contributed by atoms with Crippen LogP contribution in [0.1, 0.15) is 35.2 Å². The number of ether oxygens (including phenoxy) is 2. The summed E-state index contributed by atoms with van der Waals surface area (Å²) in [6.45, 7) is 1.50. The lowest BCUT2D eigenvalue weighted by molar-refractivity contribution is -0.126. The molecular formula is C21H24N2O4. The number of rotatable bonds is 4. The van der Waals surface area contributed by atoms with Crippen molar-refractivity contribution in [1.82, 2.24) is 9.88 Å². The molecule has 1 unspecified atom stereocenters. The average molecular weight is 368 g/mol. The van der Waals surface area contributed by atoms with Crippen LogP contribution in [-0.2, 0) is 23.4 Å². The molecule has 142 valence electrons. The van der Waals surface area contributed by atoms with Gasteiger partial charge in [-0.1, -0.05) is 0 Å². The molecule has 27 heavy (non-hydrogen) atoms. The minimum absolute atomic E-state index is 0.0572. The molecular weight excluding hydrogens is 344 g/mol. The molecule has 0 radical (unpaired) electrons. The van der Waals surface area contributed by atoms with Crippen LogP contribution in [0.2, 0.25) is 0 Å². The Balaban J connectivity index is 1.98. The lowest BCUT2D eigenvalue weighted by Crippen LogP contribution is -2.56. The summed E-state index contributed by atoms with van der Waals surface area (Å²) in [7, 11) is 3.25. The number of hydrogen-bond donors (Lipinski definition) is 1. The number of pyridine rings is 1. The largest absolute Gasteiger partial charge is 0.493 e. The van der Waals surface area contributed by atoms with Gasteiger partial charge in [-0.3, -0.25) is 14.7 Å². The van der Waals surface area contributed by atoms with Gasteiger partial charge in [0.1, 0.15) is 5.78 Å². The van der Waals surface area contributed by atoms with Crippen molar-refractivity contribution in [3.8, 4) is 11.5 Å². The van der Waals surface area contributed by atoms with Crippen LogP contribution in [-0.4, -0.2) is 48.1 Å². The molecule has 2 aromatic rings. The summed E-state index contributed by atoms with van der Waals surface area (Å²) >= 11 is 0. The summed E-state index contributed by atoms with van der Waals surface area (Å²) in [5.74, 6) is 1.57. The Morgan fingerprint density at radius 1 is 1.15 bits per heavy atom. The number of benzene rings is 1. The van der Waals surface area contributed by atoms with Crippen LogP contribution in [0.5, 0.6) is 11.5 Å². The number of piperidine rings is 1. The van der Waals surface area contributed by atoms with E-state index >= 15 is 0 Å². The number of aliphatic hydroxyl groups is 1. The standard InChI is InChI=1S/C21H24N2O4/c1-26-18-10-15-4-7-23-8-5-16(25)12-21(23,17(15)11-19(18)27-2)20-9-14(13-24)3-6-22-20/h3,6,9-11,24H,4-5,7-8,12-13H2,1-2H3. The van der Waals surface area contributed by atoms with Gasteiger partial charge in [0.25, 0.3) is 0 Å². The fourth-order valence-corrected chi connectivity index (χ4v) is 4.46. The van der Waals surface area contributed by atoms with Crippen molar-refractivity contribution in [2.75, 3.05) is 27.3 Å². The zero-order valence-corrected chi connectivity index (χ0v) is 15.7. The molecule has 6 nitrogen and oxygen atoms in total. The van der Waals surface area contributed by atoms with E-state index in [4.69, 9.17) is 9.47 Å². The summed E-state index contributed by atoms with van der Waals surface area (Å²) in [6.07, 6.45) is 3.52. The quantitative estimate of drug-likeness (QED) is 0.891. The molecule has 0 amide bonds. The molecule has 1 N–H and O–H groups in total. The van der Waals surface area contributed by atoms with Gasteiger partial charge in [0.05, 0.1) is 32.1 Å². The van der Waals surface area contributed by atoms with Crippen molar-refractivity contribution in [3.63, 3.8) is 0 Å².